The number of allylic oxidation sites excluding steroid dienone is 2. The van der Waals surface area contributed by atoms with E-state index in [0.717, 1.165) is 57.8 Å². The van der Waals surface area contributed by atoms with Gasteiger partial charge in [0, 0.05) is 19.3 Å². The Hall–Kier alpha value is -1.85. The van der Waals surface area contributed by atoms with Crippen LogP contribution in [0.4, 0.5) is 0 Å². The second kappa shape index (κ2) is 52.8. The molecule has 6 heteroatoms. The second-order valence-electron chi connectivity index (χ2n) is 19.2. The number of carbonyl (C=O) groups is 3. The average Bonchev–Trinajstić information content (AvgIpc) is 3.28. The Labute approximate surface area is 392 Å². The monoisotopic (exact) mass is 889 g/mol. The zero-order valence-corrected chi connectivity index (χ0v) is 42.6. The Kier molecular flexibility index (Phi) is 51.2. The van der Waals surface area contributed by atoms with Gasteiger partial charge in [-0.15, -0.1) is 0 Å². The van der Waals surface area contributed by atoms with Crippen molar-refractivity contribution in [3.63, 3.8) is 0 Å². The van der Waals surface area contributed by atoms with Crippen LogP contribution in [0.3, 0.4) is 0 Å². The third kappa shape index (κ3) is 51.0. The van der Waals surface area contributed by atoms with Crippen LogP contribution in [0.5, 0.6) is 0 Å². The zero-order valence-electron chi connectivity index (χ0n) is 42.6. The topological polar surface area (TPSA) is 78.9 Å². The Morgan fingerprint density at radius 3 is 0.794 bits per heavy atom. The van der Waals surface area contributed by atoms with Crippen LogP contribution in [0, 0.1) is 0 Å². The summed E-state index contributed by atoms with van der Waals surface area (Å²) >= 11 is 0. The van der Waals surface area contributed by atoms with E-state index in [4.69, 9.17) is 14.2 Å². The molecular formula is C57H108O6. The number of ether oxygens (including phenoxy) is 3. The van der Waals surface area contributed by atoms with E-state index in [1.165, 1.54) is 218 Å². The van der Waals surface area contributed by atoms with Crippen LogP contribution in [0.25, 0.3) is 0 Å². The van der Waals surface area contributed by atoms with E-state index in [1.54, 1.807) is 0 Å². The maximum atomic E-state index is 12.8. The standard InChI is InChI=1S/C57H108O6/c1-4-7-10-13-16-19-22-24-26-28-30-31-33-35-38-41-44-47-50-56(59)62-53-54(52-61-55(58)49-46-43-40-37-21-18-15-12-9-6-3)63-57(60)51-48-45-42-39-36-34-32-29-27-25-23-20-17-14-11-8-5-2/h25,27,54H,4-24,26,28-53H2,1-3H3/b27-25-/t54-/m1/s1. The molecular weight excluding hydrogens is 781 g/mol. The SMILES string of the molecule is CCCCCCCC/C=C\CCCCCCCCCC(=O)O[C@H](COC(=O)CCCCCCCCCCCC)COC(=O)CCCCCCCCCCCCCCCCCCCC. The molecule has 63 heavy (non-hydrogen) atoms. The van der Waals surface area contributed by atoms with Crippen LogP contribution in [0.15, 0.2) is 12.2 Å². The molecule has 0 N–H and O–H groups in total. The summed E-state index contributed by atoms with van der Waals surface area (Å²) in [6.45, 7) is 6.67. The first-order valence-corrected chi connectivity index (χ1v) is 28.2. The number of hydrogen-bond donors (Lipinski definition) is 0. The molecule has 0 rings (SSSR count). The van der Waals surface area contributed by atoms with Gasteiger partial charge in [-0.05, 0) is 44.9 Å². The fraction of sp³-hybridized carbons (Fsp3) is 0.912. The molecule has 0 aromatic rings. The second-order valence-corrected chi connectivity index (χ2v) is 19.2. The normalized spacial score (nSPS) is 12.0. The fourth-order valence-corrected chi connectivity index (χ4v) is 8.50. The van der Waals surface area contributed by atoms with Crippen molar-refractivity contribution in [2.45, 2.75) is 322 Å². The van der Waals surface area contributed by atoms with Gasteiger partial charge in [0.05, 0.1) is 0 Å². The Morgan fingerprint density at radius 2 is 0.524 bits per heavy atom. The third-order valence-corrected chi connectivity index (χ3v) is 12.8. The van der Waals surface area contributed by atoms with Crippen LogP contribution in [-0.2, 0) is 28.6 Å². The molecule has 0 aromatic carbocycles. The van der Waals surface area contributed by atoms with E-state index in [0.29, 0.717) is 19.3 Å². The van der Waals surface area contributed by atoms with Gasteiger partial charge in [0.15, 0.2) is 6.10 Å². The Balaban J connectivity index is 4.26. The zero-order chi connectivity index (χ0) is 45.8. The molecule has 372 valence electrons. The maximum Gasteiger partial charge on any atom is 0.306 e. The average molecular weight is 889 g/mol. The van der Waals surface area contributed by atoms with Crippen LogP contribution in [0.2, 0.25) is 0 Å². The van der Waals surface area contributed by atoms with Crippen molar-refractivity contribution < 1.29 is 28.6 Å². The van der Waals surface area contributed by atoms with Crippen molar-refractivity contribution in [1.29, 1.82) is 0 Å². The minimum atomic E-state index is -0.765. The molecule has 0 amide bonds. The molecule has 0 unspecified atom stereocenters. The molecule has 0 aliphatic carbocycles. The highest BCUT2D eigenvalue weighted by Gasteiger charge is 2.19. The lowest BCUT2D eigenvalue weighted by Gasteiger charge is -2.18. The minimum absolute atomic E-state index is 0.0661. The van der Waals surface area contributed by atoms with Crippen LogP contribution < -0.4 is 0 Å². The molecule has 0 spiro atoms. The molecule has 0 bridgehead atoms. The summed E-state index contributed by atoms with van der Waals surface area (Å²) in [7, 11) is 0. The van der Waals surface area contributed by atoms with Crippen molar-refractivity contribution in [2.75, 3.05) is 13.2 Å². The molecule has 0 saturated heterocycles. The van der Waals surface area contributed by atoms with Gasteiger partial charge < -0.3 is 14.2 Å². The summed E-state index contributed by atoms with van der Waals surface area (Å²) in [5.41, 5.74) is 0. The first kappa shape index (κ1) is 61.1. The third-order valence-electron chi connectivity index (χ3n) is 12.8. The molecule has 0 fully saturated rings. The number of rotatable bonds is 52. The van der Waals surface area contributed by atoms with E-state index in [-0.39, 0.29) is 31.1 Å². The fourth-order valence-electron chi connectivity index (χ4n) is 8.50. The molecule has 0 heterocycles. The predicted molar refractivity (Wildman–Crippen MR) is 270 cm³/mol. The van der Waals surface area contributed by atoms with Gasteiger partial charge >= 0.3 is 17.9 Å². The molecule has 0 aliphatic heterocycles. The lowest BCUT2D eigenvalue weighted by molar-refractivity contribution is -0.167. The summed E-state index contributed by atoms with van der Waals surface area (Å²) in [5.74, 6) is -0.851. The van der Waals surface area contributed by atoms with Gasteiger partial charge in [-0.25, -0.2) is 0 Å². The maximum absolute atomic E-state index is 12.8. The van der Waals surface area contributed by atoms with Crippen LogP contribution in [0.1, 0.15) is 316 Å². The van der Waals surface area contributed by atoms with Crippen LogP contribution >= 0.6 is 0 Å². The van der Waals surface area contributed by atoms with Crippen molar-refractivity contribution in [2.24, 2.45) is 0 Å². The van der Waals surface area contributed by atoms with E-state index in [1.807, 2.05) is 0 Å². The summed E-state index contributed by atoms with van der Waals surface area (Å²) < 4.78 is 16.8. The predicted octanol–water partition coefficient (Wildman–Crippen LogP) is 18.5. The van der Waals surface area contributed by atoms with E-state index in [2.05, 4.69) is 32.9 Å². The van der Waals surface area contributed by atoms with Crippen molar-refractivity contribution in [3.05, 3.63) is 12.2 Å². The lowest BCUT2D eigenvalue weighted by Crippen LogP contribution is -2.30. The molecule has 0 radical (unpaired) electrons. The van der Waals surface area contributed by atoms with Crippen molar-refractivity contribution >= 4 is 17.9 Å². The Morgan fingerprint density at radius 1 is 0.302 bits per heavy atom. The summed E-state index contributed by atoms with van der Waals surface area (Å²) in [5, 5.41) is 0. The van der Waals surface area contributed by atoms with Gasteiger partial charge in [-0.3, -0.25) is 14.4 Å². The number of esters is 3. The van der Waals surface area contributed by atoms with E-state index >= 15 is 0 Å². The van der Waals surface area contributed by atoms with Gasteiger partial charge in [0.1, 0.15) is 13.2 Å². The molecule has 1 atom stereocenters. The first-order valence-electron chi connectivity index (χ1n) is 28.2. The molecule has 0 saturated carbocycles. The van der Waals surface area contributed by atoms with Crippen molar-refractivity contribution in [3.8, 4) is 0 Å². The molecule has 6 nitrogen and oxygen atoms in total. The highest BCUT2D eigenvalue weighted by atomic mass is 16.6. The highest BCUT2D eigenvalue weighted by molar-refractivity contribution is 5.71. The van der Waals surface area contributed by atoms with Crippen molar-refractivity contribution in [1.82, 2.24) is 0 Å². The van der Waals surface area contributed by atoms with E-state index in [9.17, 15) is 14.4 Å². The first-order chi connectivity index (χ1) is 31.0. The largest absolute Gasteiger partial charge is 0.462 e. The summed E-state index contributed by atoms with van der Waals surface area (Å²) in [6.07, 6.45) is 59.2. The van der Waals surface area contributed by atoms with Gasteiger partial charge in [-0.1, -0.05) is 264 Å². The minimum Gasteiger partial charge on any atom is -0.462 e. The summed E-state index contributed by atoms with van der Waals surface area (Å²) in [6, 6.07) is 0. The Bertz CT molecular complexity index is 978. The quantitative estimate of drug-likeness (QED) is 0.0262. The number of hydrogen-bond acceptors (Lipinski definition) is 6. The molecule has 0 aliphatic rings. The highest BCUT2D eigenvalue weighted by Crippen LogP contribution is 2.17. The molecule has 0 aromatic heterocycles. The van der Waals surface area contributed by atoms with Gasteiger partial charge in [0.25, 0.3) is 0 Å². The van der Waals surface area contributed by atoms with Crippen LogP contribution in [-0.4, -0.2) is 37.2 Å². The van der Waals surface area contributed by atoms with Gasteiger partial charge in [-0.2, -0.15) is 0 Å². The number of unbranched alkanes of at least 4 members (excludes halogenated alkanes) is 39. The number of carbonyl (C=O) groups excluding carboxylic acids is 3. The van der Waals surface area contributed by atoms with Gasteiger partial charge in [0.2, 0.25) is 0 Å². The summed E-state index contributed by atoms with van der Waals surface area (Å²) in [4.78, 5) is 38.0. The smallest absolute Gasteiger partial charge is 0.306 e. The van der Waals surface area contributed by atoms with E-state index < -0.39 is 6.10 Å². The lowest BCUT2D eigenvalue weighted by atomic mass is 10.0.